The fourth-order valence-electron chi connectivity index (χ4n) is 2.20. The van der Waals surface area contributed by atoms with Crippen LogP contribution in [-0.4, -0.2) is 40.9 Å². The molecule has 2 rings (SSSR count). The lowest BCUT2D eigenvalue weighted by molar-refractivity contribution is -0.145. The quantitative estimate of drug-likeness (QED) is 0.357. The van der Waals surface area contributed by atoms with Crippen molar-refractivity contribution in [3.8, 4) is 5.75 Å². The number of thioether (sulfide) groups is 1. The van der Waals surface area contributed by atoms with Crippen molar-refractivity contribution in [1.29, 1.82) is 0 Å². The Morgan fingerprint density at radius 2 is 1.96 bits per heavy atom. The number of esters is 1. The molecule has 0 unspecified atom stereocenters. The highest BCUT2D eigenvalue weighted by atomic mass is 35.5. The number of benzene rings is 1. The zero-order valence-electron chi connectivity index (χ0n) is 14.2. The normalized spacial score (nSPS) is 15.7. The third-order valence-corrected chi connectivity index (χ3v) is 5.22. The van der Waals surface area contributed by atoms with Gasteiger partial charge in [0.15, 0.2) is 12.4 Å². The van der Waals surface area contributed by atoms with Gasteiger partial charge < -0.3 is 9.47 Å². The number of rotatable bonds is 7. The van der Waals surface area contributed by atoms with Crippen LogP contribution in [0.15, 0.2) is 17.0 Å². The fraction of sp³-hybridized carbons (Fsp3) is 0.353. The fourth-order valence-corrected chi connectivity index (χ4v) is 4.12. The van der Waals surface area contributed by atoms with Gasteiger partial charge in [0.2, 0.25) is 0 Å². The molecule has 0 aliphatic carbocycles. The molecule has 1 aromatic rings. The van der Waals surface area contributed by atoms with Crippen molar-refractivity contribution in [1.82, 2.24) is 4.90 Å². The van der Waals surface area contributed by atoms with Crippen molar-refractivity contribution in [2.24, 2.45) is 0 Å². The van der Waals surface area contributed by atoms with E-state index in [9.17, 15) is 9.59 Å². The van der Waals surface area contributed by atoms with Crippen molar-refractivity contribution < 1.29 is 19.1 Å². The van der Waals surface area contributed by atoms with Crippen LogP contribution in [-0.2, 0) is 14.3 Å². The van der Waals surface area contributed by atoms with Crippen molar-refractivity contribution in [3.63, 3.8) is 0 Å². The molecule has 1 saturated heterocycles. The van der Waals surface area contributed by atoms with Gasteiger partial charge in [-0.15, -0.1) is 0 Å². The number of thiocarbonyl (C=S) groups is 1. The molecule has 5 nitrogen and oxygen atoms in total. The first kappa shape index (κ1) is 21.0. The van der Waals surface area contributed by atoms with Crippen LogP contribution in [0.1, 0.15) is 25.8 Å². The average molecular weight is 434 g/mol. The van der Waals surface area contributed by atoms with Gasteiger partial charge in [0.25, 0.3) is 5.91 Å². The maximum absolute atomic E-state index is 12.4. The Labute approximate surface area is 171 Å². The van der Waals surface area contributed by atoms with Gasteiger partial charge >= 0.3 is 5.97 Å². The molecule has 0 atom stereocenters. The smallest absolute Gasteiger partial charge is 0.344 e. The second kappa shape index (κ2) is 9.60. The number of carbonyl (C=O) groups is 2. The molecule has 1 amide bonds. The zero-order chi connectivity index (χ0) is 19.3. The Bertz CT molecular complexity index is 744. The molecule has 1 heterocycles. The lowest BCUT2D eigenvalue weighted by atomic mass is 10.2. The van der Waals surface area contributed by atoms with Crippen molar-refractivity contribution >= 4 is 69.5 Å². The summed E-state index contributed by atoms with van der Waals surface area (Å²) in [5, 5.41) is 0.467. The van der Waals surface area contributed by atoms with E-state index >= 15 is 0 Å². The minimum atomic E-state index is -0.511. The van der Waals surface area contributed by atoms with Crippen molar-refractivity contribution in [2.45, 2.75) is 20.3 Å². The SMILES string of the molecule is CCCN1C(=O)/C(=C\c2cc(Cl)c(OCC(=O)OCC)c(Cl)c2)SC1=S. The molecule has 1 fully saturated rings. The molecule has 0 bridgehead atoms. The van der Waals surface area contributed by atoms with Crippen LogP contribution in [0.2, 0.25) is 10.0 Å². The first-order chi connectivity index (χ1) is 12.4. The Morgan fingerprint density at radius 3 is 2.54 bits per heavy atom. The lowest BCUT2D eigenvalue weighted by Gasteiger charge is -2.12. The van der Waals surface area contributed by atoms with Gasteiger partial charge in [-0.1, -0.05) is 54.1 Å². The van der Waals surface area contributed by atoms with Crippen LogP contribution in [0.4, 0.5) is 0 Å². The highest BCUT2D eigenvalue weighted by molar-refractivity contribution is 8.26. The van der Waals surface area contributed by atoms with Gasteiger partial charge in [-0.3, -0.25) is 9.69 Å². The minimum Gasteiger partial charge on any atom is -0.479 e. The van der Waals surface area contributed by atoms with E-state index in [2.05, 4.69) is 0 Å². The number of amides is 1. The van der Waals surface area contributed by atoms with Gasteiger partial charge in [0.1, 0.15) is 4.32 Å². The van der Waals surface area contributed by atoms with Gasteiger partial charge in [0, 0.05) is 6.54 Å². The van der Waals surface area contributed by atoms with Gasteiger partial charge in [0.05, 0.1) is 21.6 Å². The van der Waals surface area contributed by atoms with Crippen LogP contribution in [0.5, 0.6) is 5.75 Å². The molecule has 1 aliphatic heterocycles. The molecule has 140 valence electrons. The topological polar surface area (TPSA) is 55.8 Å². The summed E-state index contributed by atoms with van der Waals surface area (Å²) in [6.07, 6.45) is 2.51. The highest BCUT2D eigenvalue weighted by Gasteiger charge is 2.31. The third-order valence-electron chi connectivity index (χ3n) is 3.28. The van der Waals surface area contributed by atoms with Gasteiger partial charge in [-0.05, 0) is 37.1 Å². The number of ether oxygens (including phenoxy) is 2. The number of nitrogens with zero attached hydrogens (tertiary/aromatic N) is 1. The molecule has 9 heteroatoms. The number of hydrogen-bond acceptors (Lipinski definition) is 6. The summed E-state index contributed by atoms with van der Waals surface area (Å²) >= 11 is 18.9. The Morgan fingerprint density at radius 1 is 1.31 bits per heavy atom. The first-order valence-electron chi connectivity index (χ1n) is 7.90. The average Bonchev–Trinajstić information content (AvgIpc) is 2.82. The summed E-state index contributed by atoms with van der Waals surface area (Å²) in [6, 6.07) is 3.22. The van der Waals surface area contributed by atoms with Crippen LogP contribution in [0.3, 0.4) is 0 Å². The second-order valence-electron chi connectivity index (χ2n) is 5.24. The molecule has 0 radical (unpaired) electrons. The third kappa shape index (κ3) is 5.13. The summed E-state index contributed by atoms with van der Waals surface area (Å²) in [5.74, 6) is -0.447. The van der Waals surface area contributed by atoms with Gasteiger partial charge in [-0.25, -0.2) is 4.79 Å². The first-order valence-corrected chi connectivity index (χ1v) is 9.88. The Kier molecular flexibility index (Phi) is 7.76. The molecular weight excluding hydrogens is 417 g/mol. The van der Waals surface area contributed by atoms with Crippen LogP contribution < -0.4 is 4.74 Å². The molecule has 0 saturated carbocycles. The van der Waals surface area contributed by atoms with Crippen molar-refractivity contribution in [2.75, 3.05) is 19.8 Å². The number of carbonyl (C=O) groups excluding carboxylic acids is 2. The zero-order valence-corrected chi connectivity index (χ0v) is 17.4. The van der Waals surface area contributed by atoms with Crippen molar-refractivity contribution in [3.05, 3.63) is 32.6 Å². The van der Waals surface area contributed by atoms with Crippen LogP contribution >= 0.6 is 47.2 Å². The van der Waals surface area contributed by atoms with E-state index in [1.54, 1.807) is 30.0 Å². The van der Waals surface area contributed by atoms with E-state index in [-0.39, 0.29) is 34.9 Å². The Hall–Kier alpha value is -1.28. The van der Waals surface area contributed by atoms with E-state index < -0.39 is 5.97 Å². The van der Waals surface area contributed by atoms with Crippen LogP contribution in [0.25, 0.3) is 6.08 Å². The lowest BCUT2D eigenvalue weighted by Crippen LogP contribution is -2.28. The predicted octanol–water partition coefficient (Wildman–Crippen LogP) is 4.55. The minimum absolute atomic E-state index is 0.128. The van der Waals surface area contributed by atoms with E-state index in [0.29, 0.717) is 21.3 Å². The highest BCUT2D eigenvalue weighted by Crippen LogP contribution is 2.37. The second-order valence-corrected chi connectivity index (χ2v) is 7.73. The Balaban J connectivity index is 2.18. The summed E-state index contributed by atoms with van der Waals surface area (Å²) in [4.78, 5) is 25.9. The van der Waals surface area contributed by atoms with Gasteiger partial charge in [-0.2, -0.15) is 0 Å². The number of halogens is 2. The molecule has 0 N–H and O–H groups in total. The summed E-state index contributed by atoms with van der Waals surface area (Å²) in [6.45, 7) is 4.25. The molecular formula is C17H17Cl2NO4S2. The standard InChI is InChI=1S/C17H17Cl2NO4S2/c1-3-5-20-16(22)13(26-17(20)25)8-10-6-11(18)15(12(19)7-10)24-9-14(21)23-4-2/h6-8H,3-5,9H2,1-2H3/b13-8+. The van der Waals surface area contributed by atoms with E-state index in [0.717, 1.165) is 6.42 Å². The molecule has 1 aromatic carbocycles. The maximum Gasteiger partial charge on any atom is 0.344 e. The monoisotopic (exact) mass is 433 g/mol. The summed E-state index contributed by atoms with van der Waals surface area (Å²) in [7, 11) is 0. The van der Waals surface area contributed by atoms with E-state index in [4.69, 9.17) is 44.9 Å². The molecule has 1 aliphatic rings. The molecule has 26 heavy (non-hydrogen) atoms. The largest absolute Gasteiger partial charge is 0.479 e. The number of hydrogen-bond donors (Lipinski definition) is 0. The van der Waals surface area contributed by atoms with E-state index in [1.807, 2.05) is 6.92 Å². The maximum atomic E-state index is 12.4. The van der Waals surface area contributed by atoms with E-state index in [1.165, 1.54) is 11.8 Å². The summed E-state index contributed by atoms with van der Waals surface area (Å²) < 4.78 is 10.7. The predicted molar refractivity (Wildman–Crippen MR) is 109 cm³/mol. The summed E-state index contributed by atoms with van der Waals surface area (Å²) in [5.41, 5.74) is 0.639. The molecule has 0 aromatic heterocycles. The van der Waals surface area contributed by atoms with Crippen LogP contribution in [0, 0.1) is 0 Å². The molecule has 0 spiro atoms.